The van der Waals surface area contributed by atoms with Gasteiger partial charge in [-0.1, -0.05) is 42.5 Å². The van der Waals surface area contributed by atoms with Crippen LogP contribution in [-0.2, 0) is 0 Å². The molecule has 0 aliphatic heterocycles. The quantitative estimate of drug-likeness (QED) is 0.501. The van der Waals surface area contributed by atoms with Crippen LogP contribution in [-0.4, -0.2) is 4.57 Å². The van der Waals surface area contributed by atoms with E-state index in [9.17, 15) is 0 Å². The van der Waals surface area contributed by atoms with Gasteiger partial charge in [-0.15, -0.1) is 0 Å². The molecule has 0 fully saturated rings. The number of benzene rings is 3. The number of hydrogen-bond acceptors (Lipinski definition) is 1. The lowest BCUT2D eigenvalue weighted by Crippen LogP contribution is -1.97. The van der Waals surface area contributed by atoms with Gasteiger partial charge in [0.2, 0.25) is 0 Å². The minimum atomic E-state index is 0.810. The average Bonchev–Trinajstić information content (AvgIpc) is 2.83. The smallest absolute Gasteiger partial charge is 0.0771 e. The van der Waals surface area contributed by atoms with Crippen molar-refractivity contribution in [1.29, 1.82) is 0 Å². The van der Waals surface area contributed by atoms with Crippen molar-refractivity contribution in [3.63, 3.8) is 0 Å². The van der Waals surface area contributed by atoms with Gasteiger partial charge in [-0.25, -0.2) is 0 Å². The average molecular weight is 272 g/mol. The molecule has 1 aromatic heterocycles. The van der Waals surface area contributed by atoms with Crippen LogP contribution in [0.25, 0.3) is 27.5 Å². The molecule has 102 valence electrons. The van der Waals surface area contributed by atoms with Crippen LogP contribution in [0.4, 0.5) is 5.69 Å². The van der Waals surface area contributed by atoms with E-state index in [-0.39, 0.29) is 0 Å². The molecular formula is C19H16N2. The van der Waals surface area contributed by atoms with Crippen LogP contribution in [0.5, 0.6) is 0 Å². The largest absolute Gasteiger partial charge is 0.397 e. The van der Waals surface area contributed by atoms with Gasteiger partial charge in [-0.2, -0.15) is 0 Å². The minimum absolute atomic E-state index is 0.810. The molecule has 0 saturated heterocycles. The van der Waals surface area contributed by atoms with Crippen LogP contribution in [0.2, 0.25) is 0 Å². The first-order chi connectivity index (χ1) is 10.3. The second-order valence-electron chi connectivity index (χ2n) is 5.43. The van der Waals surface area contributed by atoms with Crippen LogP contribution >= 0.6 is 0 Å². The number of nitrogen functional groups attached to an aromatic ring is 1. The maximum absolute atomic E-state index is 6.28. The molecule has 0 radical (unpaired) electrons. The summed E-state index contributed by atoms with van der Waals surface area (Å²) < 4.78 is 2.26. The zero-order valence-electron chi connectivity index (χ0n) is 11.9. The Morgan fingerprint density at radius 1 is 0.810 bits per heavy atom. The highest BCUT2D eigenvalue weighted by atomic mass is 15.0. The molecule has 21 heavy (non-hydrogen) atoms. The molecule has 1 heterocycles. The number of nitrogens with two attached hydrogens (primary N) is 1. The SMILES string of the molecule is Cc1cccc(-n2c3ccccc3c3cccc(N)c32)c1. The highest BCUT2D eigenvalue weighted by Crippen LogP contribution is 2.34. The standard InChI is InChI=1S/C19H16N2/c1-13-6-4-7-14(12-13)21-18-11-3-2-8-15(18)16-9-5-10-17(20)19(16)21/h2-12H,20H2,1H3. The van der Waals surface area contributed by atoms with Crippen molar-refractivity contribution in [2.75, 3.05) is 5.73 Å². The van der Waals surface area contributed by atoms with E-state index in [1.807, 2.05) is 12.1 Å². The fraction of sp³-hybridized carbons (Fsp3) is 0.0526. The van der Waals surface area contributed by atoms with E-state index >= 15 is 0 Å². The molecule has 0 bridgehead atoms. The monoisotopic (exact) mass is 272 g/mol. The first-order valence-corrected chi connectivity index (χ1v) is 7.10. The maximum atomic E-state index is 6.28. The van der Waals surface area contributed by atoms with Gasteiger partial charge >= 0.3 is 0 Å². The van der Waals surface area contributed by atoms with E-state index in [2.05, 4.69) is 66.1 Å². The number of para-hydroxylation sites is 2. The van der Waals surface area contributed by atoms with Crippen molar-refractivity contribution >= 4 is 27.5 Å². The summed E-state index contributed by atoms with van der Waals surface area (Å²) in [6.07, 6.45) is 0. The zero-order chi connectivity index (χ0) is 14.4. The summed E-state index contributed by atoms with van der Waals surface area (Å²) in [4.78, 5) is 0. The number of rotatable bonds is 1. The molecule has 0 aliphatic rings. The molecule has 2 N–H and O–H groups in total. The van der Waals surface area contributed by atoms with E-state index in [0.29, 0.717) is 0 Å². The Morgan fingerprint density at radius 3 is 2.43 bits per heavy atom. The summed E-state index contributed by atoms with van der Waals surface area (Å²) in [6, 6.07) is 23.1. The first-order valence-electron chi connectivity index (χ1n) is 7.10. The van der Waals surface area contributed by atoms with Crippen molar-refractivity contribution in [2.24, 2.45) is 0 Å². The van der Waals surface area contributed by atoms with Crippen molar-refractivity contribution in [1.82, 2.24) is 4.57 Å². The second-order valence-corrected chi connectivity index (χ2v) is 5.43. The third-order valence-corrected chi connectivity index (χ3v) is 3.99. The Morgan fingerprint density at radius 2 is 1.57 bits per heavy atom. The van der Waals surface area contributed by atoms with Crippen LogP contribution in [0.15, 0.2) is 66.7 Å². The number of hydrogen-bond donors (Lipinski definition) is 1. The fourth-order valence-corrected chi connectivity index (χ4v) is 3.08. The molecule has 3 aromatic carbocycles. The van der Waals surface area contributed by atoms with Gasteiger partial charge in [-0.05, 0) is 36.8 Å². The zero-order valence-corrected chi connectivity index (χ0v) is 11.9. The highest BCUT2D eigenvalue weighted by Gasteiger charge is 2.13. The minimum Gasteiger partial charge on any atom is -0.397 e. The first kappa shape index (κ1) is 12.0. The van der Waals surface area contributed by atoms with Gasteiger partial charge in [0.15, 0.2) is 0 Å². The summed E-state index contributed by atoms with van der Waals surface area (Å²) in [6.45, 7) is 2.11. The lowest BCUT2D eigenvalue weighted by atomic mass is 10.1. The topological polar surface area (TPSA) is 30.9 Å². The molecule has 4 aromatic rings. The molecule has 0 unspecified atom stereocenters. The van der Waals surface area contributed by atoms with Gasteiger partial charge in [0, 0.05) is 16.5 Å². The van der Waals surface area contributed by atoms with Gasteiger partial charge in [0.05, 0.1) is 16.7 Å². The van der Waals surface area contributed by atoms with E-state index < -0.39 is 0 Å². The molecule has 0 atom stereocenters. The van der Waals surface area contributed by atoms with Crippen LogP contribution < -0.4 is 5.73 Å². The van der Waals surface area contributed by atoms with Crippen molar-refractivity contribution in [3.05, 3.63) is 72.3 Å². The number of nitrogens with zero attached hydrogens (tertiary/aromatic N) is 1. The van der Waals surface area contributed by atoms with Crippen molar-refractivity contribution < 1.29 is 0 Å². The second kappa shape index (κ2) is 4.38. The number of aromatic nitrogens is 1. The van der Waals surface area contributed by atoms with Crippen LogP contribution in [0.3, 0.4) is 0 Å². The number of aryl methyl sites for hydroxylation is 1. The third kappa shape index (κ3) is 1.73. The summed E-state index contributed by atoms with van der Waals surface area (Å²) in [5.41, 5.74) is 11.8. The van der Waals surface area contributed by atoms with E-state index in [0.717, 1.165) is 16.9 Å². The number of fused-ring (bicyclic) bond motifs is 3. The predicted octanol–water partition coefficient (Wildman–Crippen LogP) is 4.67. The van der Waals surface area contributed by atoms with Crippen LogP contribution in [0, 0.1) is 6.92 Å². The Hall–Kier alpha value is -2.74. The molecular weight excluding hydrogens is 256 g/mol. The summed E-state index contributed by atoms with van der Waals surface area (Å²) in [7, 11) is 0. The summed E-state index contributed by atoms with van der Waals surface area (Å²) >= 11 is 0. The molecule has 0 saturated carbocycles. The molecule has 4 rings (SSSR count). The summed E-state index contributed by atoms with van der Waals surface area (Å²) in [5.74, 6) is 0. The Labute approximate surface area is 123 Å². The molecule has 0 spiro atoms. The van der Waals surface area contributed by atoms with Gasteiger partial charge in [0.1, 0.15) is 0 Å². The lowest BCUT2D eigenvalue weighted by molar-refractivity contribution is 1.17. The van der Waals surface area contributed by atoms with Gasteiger partial charge in [-0.3, -0.25) is 0 Å². The maximum Gasteiger partial charge on any atom is 0.0771 e. The summed E-state index contributed by atoms with van der Waals surface area (Å²) in [5, 5.41) is 2.44. The Balaban J connectivity index is 2.24. The number of anilines is 1. The molecule has 2 nitrogen and oxygen atoms in total. The Kier molecular flexibility index (Phi) is 2.51. The van der Waals surface area contributed by atoms with Crippen LogP contribution in [0.1, 0.15) is 5.56 Å². The Bertz CT molecular complexity index is 964. The van der Waals surface area contributed by atoms with Gasteiger partial charge in [0.25, 0.3) is 0 Å². The fourth-order valence-electron chi connectivity index (χ4n) is 3.08. The van der Waals surface area contributed by atoms with Gasteiger partial charge < -0.3 is 10.3 Å². The van der Waals surface area contributed by atoms with Crippen molar-refractivity contribution in [3.8, 4) is 5.69 Å². The van der Waals surface area contributed by atoms with E-state index in [1.54, 1.807) is 0 Å². The molecule has 0 aliphatic carbocycles. The molecule has 2 heteroatoms. The van der Waals surface area contributed by atoms with E-state index in [4.69, 9.17) is 5.73 Å². The normalized spacial score (nSPS) is 11.3. The molecule has 0 amide bonds. The van der Waals surface area contributed by atoms with E-state index in [1.165, 1.54) is 21.9 Å². The predicted molar refractivity (Wildman–Crippen MR) is 89.9 cm³/mol. The lowest BCUT2D eigenvalue weighted by Gasteiger charge is -2.09. The highest BCUT2D eigenvalue weighted by molar-refractivity contribution is 6.12. The third-order valence-electron chi connectivity index (χ3n) is 3.99. The van der Waals surface area contributed by atoms with Crippen molar-refractivity contribution in [2.45, 2.75) is 6.92 Å².